The maximum Gasteiger partial charge on any atom is 0.0721 e. The Hall–Kier alpha value is -1.19. The molecule has 2 N–H and O–H groups in total. The number of halogens is 2. The number of para-hydroxylation sites is 1. The number of anilines is 1. The number of aromatic amines is 1. The molecule has 0 bridgehead atoms. The Labute approximate surface area is 104 Å². The Kier molecular flexibility index (Phi) is 3.36. The lowest BCUT2D eigenvalue weighted by molar-refractivity contribution is 1.04. The number of hydrogen-bond donors (Lipinski definition) is 2. The predicted octanol–water partition coefficient (Wildman–Crippen LogP) is 3.64. The SMILES string of the molecule is Cc1[nH]ncc1CNc1c(Cl)cccc1Cl. The number of nitrogens with one attached hydrogen (secondary N) is 2. The topological polar surface area (TPSA) is 40.7 Å². The summed E-state index contributed by atoms with van der Waals surface area (Å²) in [6.45, 7) is 2.62. The third-order valence-electron chi connectivity index (χ3n) is 2.35. The molecule has 0 saturated carbocycles. The molecule has 5 heteroatoms. The van der Waals surface area contributed by atoms with Gasteiger partial charge in [0.05, 0.1) is 21.9 Å². The summed E-state index contributed by atoms with van der Waals surface area (Å²) >= 11 is 12.1. The molecule has 0 unspecified atom stereocenters. The van der Waals surface area contributed by atoms with Crippen LogP contribution in [0.4, 0.5) is 5.69 Å². The number of H-pyrrole nitrogens is 1. The smallest absolute Gasteiger partial charge is 0.0721 e. The second-order valence-corrected chi connectivity index (χ2v) is 4.28. The van der Waals surface area contributed by atoms with E-state index in [1.165, 1.54) is 0 Å². The van der Waals surface area contributed by atoms with Gasteiger partial charge in [0.2, 0.25) is 0 Å². The molecule has 1 aromatic heterocycles. The van der Waals surface area contributed by atoms with E-state index < -0.39 is 0 Å². The van der Waals surface area contributed by atoms with Gasteiger partial charge in [-0.25, -0.2) is 0 Å². The lowest BCUT2D eigenvalue weighted by atomic mass is 10.2. The van der Waals surface area contributed by atoms with Crippen LogP contribution in [-0.2, 0) is 6.54 Å². The molecule has 2 aromatic rings. The molecule has 0 fully saturated rings. The van der Waals surface area contributed by atoms with E-state index in [4.69, 9.17) is 23.2 Å². The number of aromatic nitrogens is 2. The predicted molar refractivity (Wildman–Crippen MR) is 67.1 cm³/mol. The van der Waals surface area contributed by atoms with Crippen molar-refractivity contribution in [2.75, 3.05) is 5.32 Å². The van der Waals surface area contributed by atoms with Crippen molar-refractivity contribution in [3.63, 3.8) is 0 Å². The fourth-order valence-corrected chi connectivity index (χ4v) is 1.94. The van der Waals surface area contributed by atoms with Gasteiger partial charge in [-0.1, -0.05) is 29.3 Å². The summed E-state index contributed by atoms with van der Waals surface area (Å²) in [5.41, 5.74) is 2.89. The van der Waals surface area contributed by atoms with Crippen LogP contribution in [0, 0.1) is 6.92 Å². The van der Waals surface area contributed by atoms with Crippen LogP contribution in [0.25, 0.3) is 0 Å². The lowest BCUT2D eigenvalue weighted by Crippen LogP contribution is -2.01. The summed E-state index contributed by atoms with van der Waals surface area (Å²) in [5.74, 6) is 0. The molecule has 0 radical (unpaired) electrons. The summed E-state index contributed by atoms with van der Waals surface area (Å²) in [6.07, 6.45) is 1.78. The van der Waals surface area contributed by atoms with E-state index >= 15 is 0 Å². The van der Waals surface area contributed by atoms with E-state index in [2.05, 4.69) is 15.5 Å². The molecule has 1 heterocycles. The highest BCUT2D eigenvalue weighted by atomic mass is 35.5. The van der Waals surface area contributed by atoms with Crippen LogP contribution >= 0.6 is 23.2 Å². The molecule has 1 aromatic carbocycles. The van der Waals surface area contributed by atoms with Crippen LogP contribution in [0.5, 0.6) is 0 Å². The average Bonchev–Trinajstić information content (AvgIpc) is 2.64. The van der Waals surface area contributed by atoms with Gasteiger partial charge in [0.25, 0.3) is 0 Å². The van der Waals surface area contributed by atoms with Gasteiger partial charge in [0, 0.05) is 17.8 Å². The first-order valence-corrected chi connectivity index (χ1v) is 5.61. The first kappa shape index (κ1) is 11.3. The molecule has 0 aliphatic carbocycles. The van der Waals surface area contributed by atoms with Crippen LogP contribution in [0.2, 0.25) is 10.0 Å². The normalized spacial score (nSPS) is 10.4. The summed E-state index contributed by atoms with van der Waals surface area (Å²) in [7, 11) is 0. The minimum Gasteiger partial charge on any atom is -0.378 e. The second kappa shape index (κ2) is 4.76. The van der Waals surface area contributed by atoms with E-state index in [9.17, 15) is 0 Å². The van der Waals surface area contributed by atoms with Crippen LogP contribution in [0.3, 0.4) is 0 Å². The minimum absolute atomic E-state index is 0.619. The van der Waals surface area contributed by atoms with Crippen molar-refractivity contribution in [2.24, 2.45) is 0 Å². The van der Waals surface area contributed by atoms with Crippen molar-refractivity contribution in [3.05, 3.63) is 45.7 Å². The molecule has 84 valence electrons. The van der Waals surface area contributed by atoms with Gasteiger partial charge in [-0.3, -0.25) is 5.10 Å². The zero-order chi connectivity index (χ0) is 11.5. The van der Waals surface area contributed by atoms with Crippen LogP contribution in [0.1, 0.15) is 11.3 Å². The van der Waals surface area contributed by atoms with Gasteiger partial charge in [-0.15, -0.1) is 0 Å². The number of nitrogens with zero attached hydrogens (tertiary/aromatic N) is 1. The maximum atomic E-state index is 6.04. The van der Waals surface area contributed by atoms with Crippen molar-refractivity contribution in [2.45, 2.75) is 13.5 Å². The van der Waals surface area contributed by atoms with Crippen LogP contribution in [-0.4, -0.2) is 10.2 Å². The molecular formula is C11H11Cl2N3. The average molecular weight is 256 g/mol. The van der Waals surface area contributed by atoms with Gasteiger partial charge in [0.1, 0.15) is 0 Å². The first-order chi connectivity index (χ1) is 7.68. The number of rotatable bonds is 3. The number of hydrogen-bond acceptors (Lipinski definition) is 2. The van der Waals surface area contributed by atoms with Gasteiger partial charge < -0.3 is 5.32 Å². The number of benzene rings is 1. The van der Waals surface area contributed by atoms with Crippen molar-refractivity contribution < 1.29 is 0 Å². The Morgan fingerprint density at radius 1 is 1.31 bits per heavy atom. The highest BCUT2D eigenvalue weighted by molar-refractivity contribution is 6.39. The molecule has 3 nitrogen and oxygen atoms in total. The van der Waals surface area contributed by atoms with E-state index in [1.807, 2.05) is 13.0 Å². The number of aryl methyl sites for hydroxylation is 1. The van der Waals surface area contributed by atoms with E-state index in [1.54, 1.807) is 18.3 Å². The van der Waals surface area contributed by atoms with Gasteiger partial charge in [-0.05, 0) is 19.1 Å². The molecule has 0 amide bonds. The summed E-state index contributed by atoms with van der Waals surface area (Å²) in [5, 5.41) is 11.3. The molecule has 0 aliphatic rings. The fourth-order valence-electron chi connectivity index (χ4n) is 1.40. The van der Waals surface area contributed by atoms with Crippen molar-refractivity contribution in [3.8, 4) is 0 Å². The molecular weight excluding hydrogens is 245 g/mol. The standard InChI is InChI=1S/C11H11Cl2N3/c1-7-8(6-15-16-7)5-14-11-9(12)3-2-4-10(11)13/h2-4,6,14H,5H2,1H3,(H,15,16). The maximum absolute atomic E-state index is 6.04. The van der Waals surface area contributed by atoms with Crippen LogP contribution < -0.4 is 5.32 Å². The molecule has 16 heavy (non-hydrogen) atoms. The Bertz CT molecular complexity index is 473. The van der Waals surface area contributed by atoms with Crippen LogP contribution in [0.15, 0.2) is 24.4 Å². The van der Waals surface area contributed by atoms with E-state index in [0.717, 1.165) is 16.9 Å². The third kappa shape index (κ3) is 2.31. The van der Waals surface area contributed by atoms with Crippen molar-refractivity contribution in [1.82, 2.24) is 10.2 Å². The molecule has 0 spiro atoms. The largest absolute Gasteiger partial charge is 0.378 e. The summed E-state index contributed by atoms with van der Waals surface area (Å²) < 4.78 is 0. The lowest BCUT2D eigenvalue weighted by Gasteiger charge is -2.09. The molecule has 0 atom stereocenters. The molecule has 2 rings (SSSR count). The highest BCUT2D eigenvalue weighted by Crippen LogP contribution is 2.30. The van der Waals surface area contributed by atoms with Gasteiger partial charge >= 0.3 is 0 Å². The van der Waals surface area contributed by atoms with E-state index in [0.29, 0.717) is 16.6 Å². The molecule has 0 saturated heterocycles. The van der Waals surface area contributed by atoms with Crippen molar-refractivity contribution in [1.29, 1.82) is 0 Å². The van der Waals surface area contributed by atoms with Gasteiger partial charge in [0.15, 0.2) is 0 Å². The third-order valence-corrected chi connectivity index (χ3v) is 2.98. The summed E-state index contributed by atoms with van der Waals surface area (Å²) in [4.78, 5) is 0. The summed E-state index contributed by atoms with van der Waals surface area (Å²) in [6, 6.07) is 5.43. The zero-order valence-corrected chi connectivity index (χ0v) is 10.2. The first-order valence-electron chi connectivity index (χ1n) is 4.85. The zero-order valence-electron chi connectivity index (χ0n) is 8.72. The quantitative estimate of drug-likeness (QED) is 0.880. The Balaban J connectivity index is 2.14. The Morgan fingerprint density at radius 2 is 2.00 bits per heavy atom. The van der Waals surface area contributed by atoms with E-state index in [-0.39, 0.29) is 0 Å². The monoisotopic (exact) mass is 255 g/mol. The fraction of sp³-hybridized carbons (Fsp3) is 0.182. The highest BCUT2D eigenvalue weighted by Gasteiger charge is 2.06. The second-order valence-electron chi connectivity index (χ2n) is 3.47. The Morgan fingerprint density at radius 3 is 2.56 bits per heavy atom. The minimum atomic E-state index is 0.619. The van der Waals surface area contributed by atoms with Crippen molar-refractivity contribution >= 4 is 28.9 Å². The van der Waals surface area contributed by atoms with Gasteiger partial charge in [-0.2, -0.15) is 5.10 Å². The molecule has 0 aliphatic heterocycles.